The summed E-state index contributed by atoms with van der Waals surface area (Å²) in [5, 5.41) is 9.31. The summed E-state index contributed by atoms with van der Waals surface area (Å²) in [5.41, 5.74) is 2.91. The van der Waals surface area contributed by atoms with E-state index in [0.29, 0.717) is 24.3 Å². The lowest BCUT2D eigenvalue weighted by Gasteiger charge is -2.35. The lowest BCUT2D eigenvalue weighted by Crippen LogP contribution is -2.49. The maximum absolute atomic E-state index is 17.3. The second-order valence-electron chi connectivity index (χ2n) is 14.1. The van der Waals surface area contributed by atoms with Gasteiger partial charge in [0.25, 0.3) is 0 Å². The topological polar surface area (TPSA) is 121 Å². The zero-order chi connectivity index (χ0) is 38.0. The first-order valence-electron chi connectivity index (χ1n) is 17.3. The number of nitriles is 1. The average molecular weight is 756 g/mol. The van der Waals surface area contributed by atoms with E-state index < -0.39 is 46.5 Å². The van der Waals surface area contributed by atoms with Crippen molar-refractivity contribution in [3.05, 3.63) is 53.6 Å². The van der Waals surface area contributed by atoms with Crippen LogP contribution in [0.15, 0.2) is 30.9 Å². The molecule has 3 unspecified atom stereocenters. The number of fused-ring (bicyclic) bond motifs is 2. The summed E-state index contributed by atoms with van der Waals surface area (Å²) in [7, 11) is 3.48. The van der Waals surface area contributed by atoms with Crippen molar-refractivity contribution >= 4 is 49.1 Å². The van der Waals surface area contributed by atoms with Crippen LogP contribution in [0.1, 0.15) is 43.7 Å². The van der Waals surface area contributed by atoms with Crippen molar-refractivity contribution in [2.24, 2.45) is 5.41 Å². The Bertz CT molecular complexity index is 2160. The Kier molecular flexibility index (Phi) is 9.48. The molecule has 1 aliphatic carbocycles. The quantitative estimate of drug-likeness (QED) is 0.138. The smallest absolute Gasteiger partial charge is 0.417 e. The number of benzene rings is 2. The number of halogens is 5. The maximum Gasteiger partial charge on any atom is 0.417 e. The highest BCUT2D eigenvalue weighted by atomic mass is 32.1. The number of ether oxygens (including phenoxy) is 2. The first kappa shape index (κ1) is 36.8. The van der Waals surface area contributed by atoms with Crippen molar-refractivity contribution in [3.8, 4) is 23.2 Å². The molecule has 2 aromatic carbocycles. The van der Waals surface area contributed by atoms with Crippen LogP contribution < -0.4 is 15.4 Å². The van der Waals surface area contributed by atoms with Crippen LogP contribution in [0, 0.1) is 28.4 Å². The summed E-state index contributed by atoms with van der Waals surface area (Å²) in [6, 6.07) is 3.34. The predicted octanol–water partition coefficient (Wildman–Crippen LogP) is 6.75. The number of nitrogens with two attached hydrogens (primary N) is 1. The molecule has 3 atom stereocenters. The van der Waals surface area contributed by atoms with E-state index in [-0.39, 0.29) is 80.6 Å². The molecule has 3 aliphatic rings. The second kappa shape index (κ2) is 13.7. The number of alkyl halides is 3. The second-order valence-corrected chi connectivity index (χ2v) is 15.1. The molecule has 3 fully saturated rings. The lowest BCUT2D eigenvalue weighted by atomic mass is 9.92. The van der Waals surface area contributed by atoms with E-state index in [2.05, 4.69) is 21.4 Å². The van der Waals surface area contributed by atoms with E-state index in [1.165, 1.54) is 13.2 Å². The fourth-order valence-corrected chi connectivity index (χ4v) is 9.20. The molecule has 0 radical (unpaired) electrons. The first-order chi connectivity index (χ1) is 25.2. The predicted molar refractivity (Wildman–Crippen MR) is 192 cm³/mol. The molecule has 10 nitrogen and oxygen atoms in total. The molecule has 280 valence electrons. The van der Waals surface area contributed by atoms with Gasteiger partial charge in [-0.15, -0.1) is 11.3 Å². The van der Waals surface area contributed by atoms with E-state index in [4.69, 9.17) is 15.2 Å². The number of anilines is 2. The number of hydrogen-bond donors (Lipinski definition) is 1. The molecule has 16 heteroatoms. The number of nitrogen functional groups attached to an aromatic ring is 1. The van der Waals surface area contributed by atoms with Crippen LogP contribution in [0.2, 0.25) is 0 Å². The van der Waals surface area contributed by atoms with Crippen LogP contribution in [-0.2, 0) is 15.7 Å². The fourth-order valence-electron chi connectivity index (χ4n) is 8.25. The molecule has 2 N–H and O–H groups in total. The molecule has 1 amide bonds. The van der Waals surface area contributed by atoms with E-state index in [9.17, 15) is 10.1 Å². The number of aromatic nitrogens is 2. The number of likely N-dealkylation sites (tertiary alicyclic amines) is 2. The molecule has 4 heterocycles. The van der Waals surface area contributed by atoms with Crippen LogP contribution in [0.4, 0.5) is 32.8 Å². The van der Waals surface area contributed by atoms with Crippen molar-refractivity contribution in [1.82, 2.24) is 19.8 Å². The normalized spacial score (nSPS) is 21.1. The van der Waals surface area contributed by atoms with Gasteiger partial charge in [-0.2, -0.15) is 28.4 Å². The summed E-state index contributed by atoms with van der Waals surface area (Å²) in [5.74, 6) is -2.50. The Hall–Kier alpha value is -4.59. The number of amides is 1. The Morgan fingerprint density at radius 1 is 1.26 bits per heavy atom. The number of hydrogen-bond acceptors (Lipinski definition) is 10. The molecular formula is C37H38F5N7O3S. The van der Waals surface area contributed by atoms with Crippen LogP contribution in [0.3, 0.4) is 0 Å². The van der Waals surface area contributed by atoms with Gasteiger partial charge in [-0.25, -0.2) is 8.78 Å². The lowest BCUT2D eigenvalue weighted by molar-refractivity contribution is -0.137. The molecule has 4 aromatic rings. The summed E-state index contributed by atoms with van der Waals surface area (Å²) in [6.07, 6.45) is -0.362. The molecule has 1 spiro atoms. The van der Waals surface area contributed by atoms with E-state index in [0.717, 1.165) is 44.0 Å². The Labute approximate surface area is 306 Å². The van der Waals surface area contributed by atoms with E-state index in [1.807, 2.05) is 13.1 Å². The number of methoxy groups -OCH3 is 1. The summed E-state index contributed by atoms with van der Waals surface area (Å²) in [6.45, 7) is 7.12. The van der Waals surface area contributed by atoms with Gasteiger partial charge < -0.3 is 25.0 Å². The SMILES string of the molecule is C=CC(=O)N1CCC(N(CC)c2nc(OCC3CC4(CC4)CN3C)nc3c(F)c(-c4ccc(F)c5sc(N)c(C#N)c45)c(C(F)(F)F)cc23)C1COC. The van der Waals surface area contributed by atoms with Gasteiger partial charge in [0.2, 0.25) is 5.91 Å². The van der Waals surface area contributed by atoms with Gasteiger partial charge >= 0.3 is 12.2 Å². The van der Waals surface area contributed by atoms with Gasteiger partial charge in [0, 0.05) is 49.1 Å². The van der Waals surface area contributed by atoms with E-state index in [1.54, 1.807) is 16.7 Å². The minimum Gasteiger partial charge on any atom is -0.462 e. The zero-order valence-corrected chi connectivity index (χ0v) is 30.2. The third kappa shape index (κ3) is 6.32. The molecule has 1 saturated carbocycles. The van der Waals surface area contributed by atoms with Crippen molar-refractivity contribution in [2.75, 3.05) is 57.6 Å². The highest BCUT2D eigenvalue weighted by molar-refractivity contribution is 7.23. The largest absolute Gasteiger partial charge is 0.462 e. The molecule has 0 bridgehead atoms. The summed E-state index contributed by atoms with van der Waals surface area (Å²) < 4.78 is 89.3. The first-order valence-corrected chi connectivity index (χ1v) is 18.1. The van der Waals surface area contributed by atoms with Crippen molar-refractivity contribution in [2.45, 2.75) is 56.9 Å². The number of rotatable bonds is 10. The molecule has 53 heavy (non-hydrogen) atoms. The van der Waals surface area contributed by atoms with Crippen LogP contribution in [0.25, 0.3) is 32.1 Å². The van der Waals surface area contributed by atoms with Gasteiger partial charge in [0.15, 0.2) is 5.82 Å². The third-order valence-electron chi connectivity index (χ3n) is 11.0. The third-order valence-corrected chi connectivity index (χ3v) is 12.0. The highest BCUT2D eigenvalue weighted by Crippen LogP contribution is 2.54. The van der Waals surface area contributed by atoms with Gasteiger partial charge in [-0.3, -0.25) is 9.69 Å². The van der Waals surface area contributed by atoms with Crippen LogP contribution in [-0.4, -0.2) is 90.8 Å². The maximum atomic E-state index is 17.3. The minimum atomic E-state index is -5.12. The zero-order valence-electron chi connectivity index (χ0n) is 29.4. The van der Waals surface area contributed by atoms with Gasteiger partial charge in [-0.05, 0) is 68.8 Å². The summed E-state index contributed by atoms with van der Waals surface area (Å²) in [4.78, 5) is 27.4. The molecular weight excluding hydrogens is 718 g/mol. The number of carbonyl (C=O) groups excluding carboxylic acids is 1. The minimum absolute atomic E-state index is 0.0114. The molecule has 7 rings (SSSR count). The van der Waals surface area contributed by atoms with Gasteiger partial charge in [-0.1, -0.05) is 12.6 Å². The van der Waals surface area contributed by atoms with Gasteiger partial charge in [0.05, 0.1) is 34.5 Å². The van der Waals surface area contributed by atoms with Crippen molar-refractivity contribution in [1.29, 1.82) is 5.26 Å². The number of carbonyl (C=O) groups is 1. The Morgan fingerprint density at radius 2 is 2.02 bits per heavy atom. The number of likely N-dealkylation sites (N-methyl/N-ethyl adjacent to an activating group) is 2. The molecule has 2 aliphatic heterocycles. The molecule has 2 aromatic heterocycles. The average Bonchev–Trinajstić information content (AvgIpc) is 3.42. The highest BCUT2D eigenvalue weighted by Gasteiger charge is 2.51. The Morgan fingerprint density at radius 3 is 2.64 bits per heavy atom. The Balaban J connectivity index is 1.45. The molecule has 2 saturated heterocycles. The summed E-state index contributed by atoms with van der Waals surface area (Å²) >= 11 is 0.694. The monoisotopic (exact) mass is 755 g/mol. The van der Waals surface area contributed by atoms with Crippen molar-refractivity contribution in [3.63, 3.8) is 0 Å². The number of thiophene rings is 1. The van der Waals surface area contributed by atoms with Crippen LogP contribution in [0.5, 0.6) is 6.01 Å². The standard InChI is InChI=1S/C37H38F5N7O3S/c1-5-27(50)49-12-9-25(26(49)17-51-4)48(6-2)34-21-13-23(37(40,41)42)29(20-7-8-24(38)32-28(20)22(15-43)33(44)53-32)30(39)31(21)45-35(46-34)52-16-19-14-36(10-11-36)18-47(19)3/h5,7-8,13,19,25-26H,1,6,9-12,14,16-18,44H2,2-4H3. The number of nitrogens with zero attached hydrogens (tertiary/aromatic N) is 6. The van der Waals surface area contributed by atoms with Crippen molar-refractivity contribution < 1.29 is 36.2 Å². The van der Waals surface area contributed by atoms with Gasteiger partial charge in [0.1, 0.15) is 34.8 Å². The van der Waals surface area contributed by atoms with Crippen LogP contribution >= 0.6 is 11.3 Å². The van der Waals surface area contributed by atoms with E-state index >= 15 is 22.0 Å². The fraction of sp³-hybridized carbons (Fsp3) is 0.459.